The highest BCUT2D eigenvalue weighted by Crippen LogP contribution is 2.30. The van der Waals surface area contributed by atoms with Crippen LogP contribution in [-0.4, -0.2) is 46.4 Å². The van der Waals surface area contributed by atoms with Crippen LogP contribution in [0.2, 0.25) is 0 Å². The lowest BCUT2D eigenvalue weighted by Gasteiger charge is -2.13. The molecule has 10 heteroatoms. The number of amides is 1. The predicted octanol–water partition coefficient (Wildman–Crippen LogP) is 2.80. The maximum Gasteiger partial charge on any atom is 0.387 e. The molecule has 0 saturated carbocycles. The Morgan fingerprint density at radius 2 is 1.81 bits per heavy atom. The first-order chi connectivity index (χ1) is 12.6. The molecule has 0 heterocycles. The lowest BCUT2D eigenvalue weighted by atomic mass is 10.2. The van der Waals surface area contributed by atoms with Gasteiger partial charge in [0.25, 0.3) is 5.91 Å². The third kappa shape index (κ3) is 4.92. The average Bonchev–Trinajstić information content (AvgIpc) is 2.61. The van der Waals surface area contributed by atoms with E-state index in [2.05, 4.69) is 10.1 Å². The van der Waals surface area contributed by atoms with Gasteiger partial charge in [0.2, 0.25) is 10.0 Å². The number of methoxy groups -OCH3 is 1. The van der Waals surface area contributed by atoms with Crippen molar-refractivity contribution in [3.05, 3.63) is 48.0 Å². The van der Waals surface area contributed by atoms with Crippen LogP contribution < -0.4 is 14.8 Å². The van der Waals surface area contributed by atoms with Crippen molar-refractivity contribution in [2.45, 2.75) is 11.5 Å². The largest absolute Gasteiger partial charge is 0.493 e. The number of alkyl halides is 2. The zero-order chi connectivity index (χ0) is 20.2. The number of nitrogens with zero attached hydrogens (tertiary/aromatic N) is 1. The Labute approximate surface area is 155 Å². The van der Waals surface area contributed by atoms with E-state index in [-0.39, 0.29) is 27.6 Å². The predicted molar refractivity (Wildman–Crippen MR) is 94.9 cm³/mol. The van der Waals surface area contributed by atoms with E-state index < -0.39 is 22.5 Å². The Bertz CT molecular complexity index is 933. The summed E-state index contributed by atoms with van der Waals surface area (Å²) in [4.78, 5) is 12.4. The molecular formula is C17H18F2N2O5S. The Hall–Kier alpha value is -2.72. The van der Waals surface area contributed by atoms with Gasteiger partial charge in [-0.25, -0.2) is 12.7 Å². The topological polar surface area (TPSA) is 84.9 Å². The molecule has 7 nitrogen and oxygen atoms in total. The van der Waals surface area contributed by atoms with Crippen LogP contribution >= 0.6 is 0 Å². The molecule has 2 aromatic rings. The van der Waals surface area contributed by atoms with Gasteiger partial charge in [0.15, 0.2) is 11.5 Å². The molecule has 27 heavy (non-hydrogen) atoms. The molecule has 1 amide bonds. The molecule has 1 N–H and O–H groups in total. The van der Waals surface area contributed by atoms with E-state index in [1.54, 1.807) is 0 Å². The molecular weight excluding hydrogens is 382 g/mol. The SMILES string of the molecule is COc1ccc(C(=O)Nc2cccc(S(=O)(=O)N(C)C)c2)cc1OC(F)F. The van der Waals surface area contributed by atoms with E-state index >= 15 is 0 Å². The summed E-state index contributed by atoms with van der Waals surface area (Å²) in [6.07, 6.45) is 0. The van der Waals surface area contributed by atoms with E-state index in [1.165, 1.54) is 57.6 Å². The summed E-state index contributed by atoms with van der Waals surface area (Å²) in [6.45, 7) is -3.08. The van der Waals surface area contributed by atoms with E-state index in [0.717, 1.165) is 10.4 Å². The van der Waals surface area contributed by atoms with Gasteiger partial charge >= 0.3 is 6.61 Å². The van der Waals surface area contributed by atoms with Gasteiger partial charge in [0.05, 0.1) is 12.0 Å². The molecule has 0 aliphatic heterocycles. The van der Waals surface area contributed by atoms with Crippen LogP contribution in [0.3, 0.4) is 0 Å². The standard InChI is InChI=1S/C17H18F2N2O5S/c1-21(2)27(23,24)13-6-4-5-12(10-13)20-16(22)11-7-8-14(25-3)15(9-11)26-17(18)19/h4-10,17H,1-3H3,(H,20,22). The molecule has 2 aromatic carbocycles. The molecule has 0 atom stereocenters. The molecule has 0 spiro atoms. The number of anilines is 1. The summed E-state index contributed by atoms with van der Waals surface area (Å²) in [5.74, 6) is -0.869. The number of carbonyl (C=O) groups excluding carboxylic acids is 1. The Kier molecular flexibility index (Phi) is 6.34. The Balaban J connectivity index is 2.28. The summed E-state index contributed by atoms with van der Waals surface area (Å²) >= 11 is 0. The number of halogens is 2. The van der Waals surface area contributed by atoms with Gasteiger partial charge < -0.3 is 14.8 Å². The Morgan fingerprint density at radius 1 is 1.11 bits per heavy atom. The number of nitrogens with one attached hydrogen (secondary N) is 1. The zero-order valence-electron chi connectivity index (χ0n) is 14.8. The highest BCUT2D eigenvalue weighted by Gasteiger charge is 2.18. The maximum absolute atomic E-state index is 12.5. The third-order valence-corrected chi connectivity index (χ3v) is 5.32. The molecule has 0 aliphatic rings. The monoisotopic (exact) mass is 400 g/mol. The molecule has 0 fully saturated rings. The average molecular weight is 400 g/mol. The number of sulfonamides is 1. The van der Waals surface area contributed by atoms with Gasteiger partial charge in [-0.1, -0.05) is 6.07 Å². The summed E-state index contributed by atoms with van der Waals surface area (Å²) in [7, 11) is 0.398. The smallest absolute Gasteiger partial charge is 0.387 e. The molecule has 0 unspecified atom stereocenters. The van der Waals surface area contributed by atoms with Crippen molar-refractivity contribution in [1.29, 1.82) is 0 Å². The molecule has 0 radical (unpaired) electrons. The molecule has 0 aromatic heterocycles. The van der Waals surface area contributed by atoms with Gasteiger partial charge in [-0.3, -0.25) is 4.79 Å². The molecule has 0 aliphatic carbocycles. The van der Waals surface area contributed by atoms with Crippen LogP contribution in [-0.2, 0) is 10.0 Å². The normalized spacial score (nSPS) is 11.5. The van der Waals surface area contributed by atoms with E-state index in [1.807, 2.05) is 0 Å². The van der Waals surface area contributed by atoms with Crippen LogP contribution in [0, 0.1) is 0 Å². The highest BCUT2D eigenvalue weighted by molar-refractivity contribution is 7.89. The van der Waals surface area contributed by atoms with Crippen molar-refractivity contribution < 1.29 is 31.5 Å². The fraction of sp³-hybridized carbons (Fsp3) is 0.235. The minimum absolute atomic E-state index is 0.00162. The molecule has 0 bridgehead atoms. The first kappa shape index (κ1) is 20.6. The van der Waals surface area contributed by atoms with E-state index in [9.17, 15) is 22.0 Å². The lowest BCUT2D eigenvalue weighted by Crippen LogP contribution is -2.22. The molecule has 2 rings (SSSR count). The van der Waals surface area contributed by atoms with Crippen LogP contribution in [0.1, 0.15) is 10.4 Å². The summed E-state index contributed by atoms with van der Waals surface area (Å²) in [5.41, 5.74) is 0.266. The fourth-order valence-corrected chi connectivity index (χ4v) is 3.10. The van der Waals surface area contributed by atoms with Crippen molar-refractivity contribution in [2.75, 3.05) is 26.5 Å². The second kappa shape index (κ2) is 8.31. The molecule has 146 valence electrons. The first-order valence-electron chi connectivity index (χ1n) is 7.62. The van der Waals surface area contributed by atoms with E-state index in [0.29, 0.717) is 0 Å². The van der Waals surface area contributed by atoms with Gasteiger partial charge in [-0.2, -0.15) is 8.78 Å². The van der Waals surface area contributed by atoms with Crippen LogP contribution in [0.15, 0.2) is 47.4 Å². The molecule has 0 saturated heterocycles. The number of benzene rings is 2. The number of ether oxygens (including phenoxy) is 2. The van der Waals surface area contributed by atoms with Crippen molar-refractivity contribution >= 4 is 21.6 Å². The second-order valence-electron chi connectivity index (χ2n) is 5.51. The van der Waals surface area contributed by atoms with Crippen molar-refractivity contribution in [3.63, 3.8) is 0 Å². The van der Waals surface area contributed by atoms with Gasteiger partial charge in [-0.05, 0) is 36.4 Å². The van der Waals surface area contributed by atoms with Crippen molar-refractivity contribution in [1.82, 2.24) is 4.31 Å². The number of hydrogen-bond donors (Lipinski definition) is 1. The number of carbonyl (C=O) groups is 1. The summed E-state index contributed by atoms with van der Waals surface area (Å²) in [6, 6.07) is 9.48. The van der Waals surface area contributed by atoms with Crippen LogP contribution in [0.25, 0.3) is 0 Å². The van der Waals surface area contributed by atoms with Gasteiger partial charge in [0, 0.05) is 25.3 Å². The van der Waals surface area contributed by atoms with Crippen LogP contribution in [0.5, 0.6) is 11.5 Å². The van der Waals surface area contributed by atoms with E-state index in [4.69, 9.17) is 4.74 Å². The minimum atomic E-state index is -3.67. The lowest BCUT2D eigenvalue weighted by molar-refractivity contribution is -0.0512. The third-order valence-electron chi connectivity index (χ3n) is 3.51. The van der Waals surface area contributed by atoms with Crippen molar-refractivity contribution in [3.8, 4) is 11.5 Å². The Morgan fingerprint density at radius 3 is 2.41 bits per heavy atom. The van der Waals surface area contributed by atoms with Gasteiger partial charge in [0.1, 0.15) is 0 Å². The second-order valence-corrected chi connectivity index (χ2v) is 7.67. The first-order valence-corrected chi connectivity index (χ1v) is 9.06. The summed E-state index contributed by atoms with van der Waals surface area (Å²) in [5, 5.41) is 2.52. The fourth-order valence-electron chi connectivity index (χ4n) is 2.15. The summed E-state index contributed by atoms with van der Waals surface area (Å²) < 4.78 is 59.6. The zero-order valence-corrected chi connectivity index (χ0v) is 15.6. The quantitative estimate of drug-likeness (QED) is 0.773. The van der Waals surface area contributed by atoms with Gasteiger partial charge in [-0.15, -0.1) is 0 Å². The highest BCUT2D eigenvalue weighted by atomic mass is 32.2. The maximum atomic E-state index is 12.5. The number of hydrogen-bond acceptors (Lipinski definition) is 5. The van der Waals surface area contributed by atoms with Crippen LogP contribution in [0.4, 0.5) is 14.5 Å². The minimum Gasteiger partial charge on any atom is -0.493 e. The van der Waals surface area contributed by atoms with Crippen molar-refractivity contribution in [2.24, 2.45) is 0 Å². The number of rotatable bonds is 7.